The Bertz CT molecular complexity index is 305. The van der Waals surface area contributed by atoms with Gasteiger partial charge in [-0.3, -0.25) is 4.98 Å². The second-order valence-corrected chi connectivity index (χ2v) is 3.60. The molecule has 0 saturated carbocycles. The summed E-state index contributed by atoms with van der Waals surface area (Å²) in [4.78, 5) is 3.92. The molecule has 0 aliphatic rings. The Kier molecular flexibility index (Phi) is 5.00. The molecule has 1 heterocycles. The molecule has 0 aromatic carbocycles. The van der Waals surface area contributed by atoms with Crippen LogP contribution in [0.4, 0.5) is 5.69 Å². The number of rotatable bonds is 4. The third-order valence-electron chi connectivity index (χ3n) is 1.73. The van der Waals surface area contributed by atoms with Crippen LogP contribution in [0.2, 0.25) is 0 Å². The zero-order chi connectivity index (χ0) is 11.1. The summed E-state index contributed by atoms with van der Waals surface area (Å²) < 4.78 is 4.99. The standard InChI is InChI=1S/C10H15N3OS/c1-8(7-14-2)12-10(15)13-9-3-5-11-6-4-9/h3-6,8H,7H2,1-2H3,(H2,11,12,13,15). The second-order valence-electron chi connectivity index (χ2n) is 3.19. The number of anilines is 1. The first-order valence-electron chi connectivity index (χ1n) is 4.69. The molecule has 0 radical (unpaired) electrons. The van der Waals surface area contributed by atoms with E-state index in [0.29, 0.717) is 11.7 Å². The van der Waals surface area contributed by atoms with Gasteiger partial charge < -0.3 is 15.4 Å². The van der Waals surface area contributed by atoms with Crippen LogP contribution in [-0.4, -0.2) is 29.9 Å². The fraction of sp³-hybridized carbons (Fsp3) is 0.400. The molecule has 1 unspecified atom stereocenters. The Morgan fingerprint density at radius 3 is 2.80 bits per heavy atom. The number of nitrogens with zero attached hydrogens (tertiary/aromatic N) is 1. The van der Waals surface area contributed by atoms with Gasteiger partial charge in [0.25, 0.3) is 0 Å². The Morgan fingerprint density at radius 2 is 2.20 bits per heavy atom. The predicted molar refractivity (Wildman–Crippen MR) is 64.9 cm³/mol. The molecule has 1 rings (SSSR count). The van der Waals surface area contributed by atoms with Crippen LogP contribution in [-0.2, 0) is 4.74 Å². The zero-order valence-corrected chi connectivity index (χ0v) is 9.67. The van der Waals surface area contributed by atoms with Crippen molar-refractivity contribution in [3.8, 4) is 0 Å². The van der Waals surface area contributed by atoms with Gasteiger partial charge in [-0.05, 0) is 31.3 Å². The molecule has 0 fully saturated rings. The molecule has 1 aromatic heterocycles. The van der Waals surface area contributed by atoms with E-state index in [0.717, 1.165) is 5.69 Å². The molecular formula is C10H15N3OS. The van der Waals surface area contributed by atoms with Gasteiger partial charge in [0.05, 0.1) is 6.61 Å². The van der Waals surface area contributed by atoms with E-state index in [4.69, 9.17) is 17.0 Å². The highest BCUT2D eigenvalue weighted by molar-refractivity contribution is 7.80. The van der Waals surface area contributed by atoms with Crippen molar-refractivity contribution in [1.29, 1.82) is 0 Å². The van der Waals surface area contributed by atoms with Crippen molar-refractivity contribution in [3.63, 3.8) is 0 Å². The first kappa shape index (κ1) is 11.9. The lowest BCUT2D eigenvalue weighted by atomic mass is 10.4. The van der Waals surface area contributed by atoms with E-state index >= 15 is 0 Å². The minimum absolute atomic E-state index is 0.192. The van der Waals surface area contributed by atoms with Gasteiger partial charge in [0.2, 0.25) is 0 Å². The van der Waals surface area contributed by atoms with Gasteiger partial charge in [0.1, 0.15) is 0 Å². The zero-order valence-electron chi connectivity index (χ0n) is 8.86. The Hall–Kier alpha value is -1.20. The summed E-state index contributed by atoms with van der Waals surface area (Å²) in [6, 6.07) is 3.90. The Labute approximate surface area is 95.0 Å². The average Bonchev–Trinajstić information content (AvgIpc) is 2.19. The number of hydrogen-bond donors (Lipinski definition) is 2. The number of ether oxygens (including phenoxy) is 1. The maximum absolute atomic E-state index is 5.13. The molecular weight excluding hydrogens is 210 g/mol. The van der Waals surface area contributed by atoms with E-state index in [1.807, 2.05) is 19.1 Å². The van der Waals surface area contributed by atoms with Crippen LogP contribution in [0.3, 0.4) is 0 Å². The van der Waals surface area contributed by atoms with Gasteiger partial charge in [-0.1, -0.05) is 0 Å². The predicted octanol–water partition coefficient (Wildman–Crippen LogP) is 1.40. The molecule has 15 heavy (non-hydrogen) atoms. The lowest BCUT2D eigenvalue weighted by molar-refractivity contribution is 0.179. The number of aromatic nitrogens is 1. The number of hydrogen-bond acceptors (Lipinski definition) is 3. The smallest absolute Gasteiger partial charge is 0.171 e. The molecule has 2 N–H and O–H groups in total. The van der Waals surface area contributed by atoms with Crippen LogP contribution < -0.4 is 10.6 Å². The fourth-order valence-corrected chi connectivity index (χ4v) is 1.44. The minimum Gasteiger partial charge on any atom is -0.383 e. The van der Waals surface area contributed by atoms with Crippen LogP contribution in [0, 0.1) is 0 Å². The number of pyridine rings is 1. The third-order valence-corrected chi connectivity index (χ3v) is 1.95. The van der Waals surface area contributed by atoms with Crippen molar-refractivity contribution < 1.29 is 4.74 Å². The van der Waals surface area contributed by atoms with Crippen LogP contribution in [0.1, 0.15) is 6.92 Å². The highest BCUT2D eigenvalue weighted by Gasteiger charge is 2.02. The van der Waals surface area contributed by atoms with Crippen LogP contribution in [0.25, 0.3) is 0 Å². The molecule has 0 spiro atoms. The molecule has 1 atom stereocenters. The molecule has 0 aliphatic heterocycles. The van der Waals surface area contributed by atoms with Gasteiger partial charge in [-0.15, -0.1) is 0 Å². The second kappa shape index (κ2) is 6.31. The highest BCUT2D eigenvalue weighted by atomic mass is 32.1. The van der Waals surface area contributed by atoms with E-state index in [-0.39, 0.29) is 6.04 Å². The van der Waals surface area contributed by atoms with Gasteiger partial charge in [0, 0.05) is 31.2 Å². The van der Waals surface area contributed by atoms with Gasteiger partial charge in [-0.2, -0.15) is 0 Å². The molecule has 1 aromatic rings. The molecule has 82 valence electrons. The molecule has 4 nitrogen and oxygen atoms in total. The van der Waals surface area contributed by atoms with E-state index in [2.05, 4.69) is 15.6 Å². The summed E-state index contributed by atoms with van der Waals surface area (Å²) in [5.74, 6) is 0. The van der Waals surface area contributed by atoms with Crippen LogP contribution in [0.15, 0.2) is 24.5 Å². The number of nitrogens with one attached hydrogen (secondary N) is 2. The van der Waals surface area contributed by atoms with Gasteiger partial charge in [-0.25, -0.2) is 0 Å². The summed E-state index contributed by atoms with van der Waals surface area (Å²) in [6.45, 7) is 2.63. The Balaban J connectivity index is 2.36. The number of methoxy groups -OCH3 is 1. The third kappa shape index (κ3) is 4.71. The largest absolute Gasteiger partial charge is 0.383 e. The maximum atomic E-state index is 5.13. The SMILES string of the molecule is COCC(C)NC(=S)Nc1ccncc1. The monoisotopic (exact) mass is 225 g/mol. The Morgan fingerprint density at radius 1 is 1.53 bits per heavy atom. The van der Waals surface area contributed by atoms with Crippen LogP contribution in [0.5, 0.6) is 0 Å². The van der Waals surface area contributed by atoms with Crippen molar-refractivity contribution in [1.82, 2.24) is 10.3 Å². The maximum Gasteiger partial charge on any atom is 0.171 e. The normalized spacial score (nSPS) is 11.9. The topological polar surface area (TPSA) is 46.2 Å². The fourth-order valence-electron chi connectivity index (χ4n) is 1.12. The van der Waals surface area contributed by atoms with Crippen molar-refractivity contribution in [2.45, 2.75) is 13.0 Å². The van der Waals surface area contributed by atoms with Crippen molar-refractivity contribution in [2.24, 2.45) is 0 Å². The quantitative estimate of drug-likeness (QED) is 0.759. The molecule has 0 amide bonds. The summed E-state index contributed by atoms with van der Waals surface area (Å²) in [7, 11) is 1.66. The highest BCUT2D eigenvalue weighted by Crippen LogP contribution is 2.02. The summed E-state index contributed by atoms with van der Waals surface area (Å²) in [5.41, 5.74) is 0.923. The van der Waals surface area contributed by atoms with E-state index in [1.54, 1.807) is 19.5 Å². The van der Waals surface area contributed by atoms with Gasteiger partial charge >= 0.3 is 0 Å². The molecule has 0 aliphatic carbocycles. The summed E-state index contributed by atoms with van der Waals surface area (Å²) in [6.07, 6.45) is 3.42. The average molecular weight is 225 g/mol. The van der Waals surface area contributed by atoms with E-state index in [9.17, 15) is 0 Å². The van der Waals surface area contributed by atoms with Crippen molar-refractivity contribution >= 4 is 23.0 Å². The molecule has 5 heteroatoms. The van der Waals surface area contributed by atoms with Crippen LogP contribution >= 0.6 is 12.2 Å². The first-order valence-corrected chi connectivity index (χ1v) is 5.09. The lowest BCUT2D eigenvalue weighted by Gasteiger charge is -2.15. The molecule has 0 saturated heterocycles. The van der Waals surface area contributed by atoms with Crippen molar-refractivity contribution in [3.05, 3.63) is 24.5 Å². The molecule has 0 bridgehead atoms. The first-order chi connectivity index (χ1) is 7.22. The number of thiocarbonyl (C=S) groups is 1. The summed E-state index contributed by atoms with van der Waals surface area (Å²) in [5, 5.41) is 6.75. The lowest BCUT2D eigenvalue weighted by Crippen LogP contribution is -2.38. The van der Waals surface area contributed by atoms with Crippen molar-refractivity contribution in [2.75, 3.05) is 19.0 Å². The van der Waals surface area contributed by atoms with E-state index in [1.165, 1.54) is 0 Å². The van der Waals surface area contributed by atoms with Gasteiger partial charge in [0.15, 0.2) is 5.11 Å². The van der Waals surface area contributed by atoms with E-state index < -0.39 is 0 Å². The summed E-state index contributed by atoms with van der Waals surface area (Å²) >= 11 is 5.13. The minimum atomic E-state index is 0.192.